The average molecular weight is 318 g/mol. The zero-order valence-corrected chi connectivity index (χ0v) is 11.7. The lowest BCUT2D eigenvalue weighted by molar-refractivity contribution is 0.0691. The Morgan fingerprint density at radius 2 is 2.04 bits per heavy atom. The van der Waals surface area contributed by atoms with Crippen molar-refractivity contribution in [3.63, 3.8) is 0 Å². The van der Waals surface area contributed by atoms with Crippen LogP contribution in [0.25, 0.3) is 0 Å². The number of allylic oxidation sites excluding steroid dienone is 4. The molecule has 0 fully saturated rings. The molecule has 0 bridgehead atoms. The molecule has 2 N–H and O–H groups in total. The molecule has 1 aliphatic rings. The highest BCUT2D eigenvalue weighted by atomic mass is 19.1. The lowest BCUT2D eigenvalue weighted by Gasteiger charge is -2.16. The Morgan fingerprint density at radius 1 is 1.30 bits per heavy atom. The first-order valence-corrected chi connectivity index (χ1v) is 6.80. The molecular weight excluding hydrogens is 306 g/mol. The van der Waals surface area contributed by atoms with E-state index in [1.165, 1.54) is 6.08 Å². The van der Waals surface area contributed by atoms with Crippen molar-refractivity contribution in [2.24, 2.45) is 0 Å². The van der Waals surface area contributed by atoms with Crippen LogP contribution in [0.5, 0.6) is 0 Å². The van der Waals surface area contributed by atoms with Gasteiger partial charge in [-0.05, 0) is 24.3 Å². The van der Waals surface area contributed by atoms with E-state index >= 15 is 0 Å². The summed E-state index contributed by atoms with van der Waals surface area (Å²) in [7, 11) is 0. The summed E-state index contributed by atoms with van der Waals surface area (Å²) in [6, 6.07) is 8.65. The van der Waals surface area contributed by atoms with Crippen LogP contribution in [-0.2, 0) is 0 Å². The monoisotopic (exact) mass is 318 g/mol. The molecule has 118 valence electrons. The van der Waals surface area contributed by atoms with E-state index in [0.717, 1.165) is 12.2 Å². The van der Waals surface area contributed by atoms with Gasteiger partial charge in [0.05, 0.1) is 0 Å². The highest BCUT2D eigenvalue weighted by Crippen LogP contribution is 2.36. The molecule has 0 saturated carbocycles. The number of para-hydroxylation sites is 1. The summed E-state index contributed by atoms with van der Waals surface area (Å²) >= 11 is 0. The molecule has 3 rings (SSSR count). The van der Waals surface area contributed by atoms with E-state index in [9.17, 15) is 18.7 Å². The van der Waals surface area contributed by atoms with Crippen molar-refractivity contribution in [3.05, 3.63) is 66.0 Å². The molecule has 2 atom stereocenters. The number of carbonyl (C=O) groups is 1. The van der Waals surface area contributed by atoms with Crippen LogP contribution in [-0.4, -0.2) is 22.2 Å². The van der Waals surface area contributed by atoms with Gasteiger partial charge in [-0.1, -0.05) is 24.3 Å². The van der Waals surface area contributed by atoms with Gasteiger partial charge in [-0.25, -0.2) is 18.6 Å². The third kappa shape index (κ3) is 2.98. The Kier molecular flexibility index (Phi) is 3.92. The second-order valence-corrected chi connectivity index (χ2v) is 4.88. The number of oxazole rings is 1. The maximum Gasteiger partial charge on any atom is 0.360 e. The van der Waals surface area contributed by atoms with Gasteiger partial charge in [0.1, 0.15) is 17.9 Å². The fourth-order valence-electron chi connectivity index (χ4n) is 2.23. The molecule has 0 spiro atoms. The largest absolute Gasteiger partial charge is 0.476 e. The number of rotatable bonds is 4. The number of aromatic nitrogens is 1. The molecule has 1 aliphatic carbocycles. The van der Waals surface area contributed by atoms with E-state index in [4.69, 9.17) is 4.42 Å². The quantitative estimate of drug-likeness (QED) is 0.892. The molecule has 1 heterocycles. The lowest BCUT2D eigenvalue weighted by Crippen LogP contribution is -2.15. The fourth-order valence-corrected chi connectivity index (χ4v) is 2.23. The topological polar surface area (TPSA) is 75.4 Å². The normalized spacial score (nSPS) is 20.2. The van der Waals surface area contributed by atoms with Crippen molar-refractivity contribution in [2.75, 3.05) is 5.32 Å². The number of halogens is 2. The van der Waals surface area contributed by atoms with Crippen LogP contribution >= 0.6 is 0 Å². The maximum absolute atomic E-state index is 13.9. The number of anilines is 2. The summed E-state index contributed by atoms with van der Waals surface area (Å²) < 4.78 is 33.1. The van der Waals surface area contributed by atoms with Gasteiger partial charge >= 0.3 is 5.97 Å². The van der Waals surface area contributed by atoms with Crippen molar-refractivity contribution in [1.82, 2.24) is 4.98 Å². The predicted octanol–water partition coefficient (Wildman–Crippen LogP) is 3.96. The fraction of sp³-hybridized carbons (Fsp3) is 0.125. The Morgan fingerprint density at radius 3 is 2.70 bits per heavy atom. The van der Waals surface area contributed by atoms with E-state index in [2.05, 4.69) is 10.3 Å². The number of hydrogen-bond acceptors (Lipinski definition) is 4. The summed E-state index contributed by atoms with van der Waals surface area (Å²) in [6.07, 6.45) is 1.82. The zero-order chi connectivity index (χ0) is 16.4. The number of benzene rings is 1. The van der Waals surface area contributed by atoms with Crippen molar-refractivity contribution in [3.8, 4) is 0 Å². The van der Waals surface area contributed by atoms with Crippen LogP contribution in [0.4, 0.5) is 20.4 Å². The molecule has 1 aromatic carbocycles. The highest BCUT2D eigenvalue weighted by Gasteiger charge is 2.34. The van der Waals surface area contributed by atoms with Crippen LogP contribution in [0, 0.1) is 0 Å². The van der Waals surface area contributed by atoms with E-state index in [1.54, 1.807) is 30.3 Å². The molecule has 0 aliphatic heterocycles. The minimum absolute atomic E-state index is 0.173. The molecule has 5 nitrogen and oxygen atoms in total. The van der Waals surface area contributed by atoms with E-state index < -0.39 is 29.6 Å². The number of carboxylic acids is 1. The Bertz CT molecular complexity index is 784. The number of hydrogen-bond donors (Lipinski definition) is 2. The number of carboxylic acid groups (broad SMARTS) is 1. The molecule has 2 unspecified atom stereocenters. The minimum atomic E-state index is -1.68. The molecule has 7 heteroatoms. The van der Waals surface area contributed by atoms with Crippen molar-refractivity contribution in [1.29, 1.82) is 0 Å². The zero-order valence-electron chi connectivity index (χ0n) is 11.7. The molecule has 23 heavy (non-hydrogen) atoms. The van der Waals surface area contributed by atoms with Crippen molar-refractivity contribution >= 4 is 17.5 Å². The van der Waals surface area contributed by atoms with Gasteiger partial charge in [-0.3, -0.25) is 0 Å². The molecule has 2 aromatic rings. The smallest absolute Gasteiger partial charge is 0.360 e. The Hall–Kier alpha value is -2.96. The van der Waals surface area contributed by atoms with Crippen LogP contribution in [0.15, 0.2) is 58.8 Å². The molecule has 1 aromatic heterocycles. The number of alkyl halides is 1. The predicted molar refractivity (Wildman–Crippen MR) is 79.2 cm³/mol. The molecule has 0 amide bonds. The summed E-state index contributed by atoms with van der Waals surface area (Å²) in [5.74, 6) is -4.02. The van der Waals surface area contributed by atoms with E-state index in [1.807, 2.05) is 0 Å². The number of nitrogens with one attached hydrogen (secondary N) is 1. The van der Waals surface area contributed by atoms with Gasteiger partial charge in [0.25, 0.3) is 0 Å². The summed E-state index contributed by atoms with van der Waals surface area (Å²) in [5.41, 5.74) is 0.132. The Labute approximate surface area is 130 Å². The highest BCUT2D eigenvalue weighted by molar-refractivity contribution is 5.91. The standard InChI is InChI=1S/C16H12F2N2O3/c17-10-7-4-8-11(18)12(10)14-20-13(16(21)22)15(23-14)19-9-5-2-1-3-6-9/h1-8,10,12,19H,(H,21,22). The van der Waals surface area contributed by atoms with Crippen LogP contribution in [0.2, 0.25) is 0 Å². The van der Waals surface area contributed by atoms with Gasteiger partial charge in [0.15, 0.2) is 0 Å². The first-order valence-electron chi connectivity index (χ1n) is 6.80. The number of aromatic carboxylic acids is 1. The first kappa shape index (κ1) is 15.0. The third-order valence-electron chi connectivity index (χ3n) is 3.31. The van der Waals surface area contributed by atoms with Crippen molar-refractivity contribution in [2.45, 2.75) is 12.1 Å². The lowest BCUT2D eigenvalue weighted by atomic mass is 9.97. The molecular formula is C16H12F2N2O3. The summed E-state index contributed by atoms with van der Waals surface area (Å²) in [4.78, 5) is 15.0. The second-order valence-electron chi connectivity index (χ2n) is 4.88. The Balaban J connectivity index is 1.98. The average Bonchev–Trinajstić information content (AvgIpc) is 2.92. The van der Waals surface area contributed by atoms with Gasteiger partial charge in [0, 0.05) is 5.69 Å². The van der Waals surface area contributed by atoms with Crippen molar-refractivity contribution < 1.29 is 23.1 Å². The van der Waals surface area contributed by atoms with Crippen LogP contribution in [0.3, 0.4) is 0 Å². The SMILES string of the molecule is O=C(O)c1nc(C2C(F)=CC=CC2F)oc1Nc1ccccc1. The van der Waals surface area contributed by atoms with Crippen LogP contribution < -0.4 is 5.32 Å². The third-order valence-corrected chi connectivity index (χ3v) is 3.31. The van der Waals surface area contributed by atoms with E-state index in [-0.39, 0.29) is 11.8 Å². The van der Waals surface area contributed by atoms with Gasteiger partial charge in [0.2, 0.25) is 17.5 Å². The van der Waals surface area contributed by atoms with Crippen LogP contribution in [0.1, 0.15) is 22.3 Å². The van der Waals surface area contributed by atoms with Gasteiger partial charge in [-0.15, -0.1) is 0 Å². The summed E-state index contributed by atoms with van der Waals surface area (Å²) in [6.45, 7) is 0. The number of nitrogens with zero attached hydrogens (tertiary/aromatic N) is 1. The molecule has 0 saturated heterocycles. The van der Waals surface area contributed by atoms with Gasteiger partial charge in [-0.2, -0.15) is 0 Å². The maximum atomic E-state index is 13.9. The molecule has 0 radical (unpaired) electrons. The second kappa shape index (κ2) is 6.04. The first-order chi connectivity index (χ1) is 11.1. The minimum Gasteiger partial charge on any atom is -0.476 e. The van der Waals surface area contributed by atoms with E-state index in [0.29, 0.717) is 5.69 Å². The van der Waals surface area contributed by atoms with Gasteiger partial charge < -0.3 is 14.8 Å². The summed E-state index contributed by atoms with van der Waals surface area (Å²) in [5, 5.41) is 12.0.